The third kappa shape index (κ3) is 5.18. The topological polar surface area (TPSA) is 102 Å². The molecular weight excluding hydrogens is 499 g/mol. The summed E-state index contributed by atoms with van der Waals surface area (Å²) < 4.78 is 71.6. The first kappa shape index (κ1) is 26.3. The molecule has 0 radical (unpaired) electrons. The number of nitrogens with one attached hydrogen (secondary N) is 1. The number of H-pyrrole nitrogens is 1. The molecule has 36 heavy (non-hydrogen) atoms. The van der Waals surface area contributed by atoms with Crippen LogP contribution in [-0.4, -0.2) is 47.0 Å². The maximum Gasteiger partial charge on any atom is 0.534 e. The molecule has 2 aliphatic rings. The first-order valence-electron chi connectivity index (χ1n) is 11.9. The van der Waals surface area contributed by atoms with Crippen molar-refractivity contribution in [3.8, 4) is 17.0 Å². The second-order valence-corrected chi connectivity index (χ2v) is 11.8. The number of hydrogen-bond donors (Lipinski definition) is 1. The number of imidazole rings is 1. The number of ether oxygens (including phenoxy) is 1. The Morgan fingerprint density at radius 1 is 1.19 bits per heavy atom. The molecule has 2 heterocycles. The van der Waals surface area contributed by atoms with Crippen LogP contribution < -0.4 is 4.18 Å². The number of fused-ring (bicyclic) bond motifs is 1. The summed E-state index contributed by atoms with van der Waals surface area (Å²) in [6.07, 6.45) is 4.47. The van der Waals surface area contributed by atoms with Crippen molar-refractivity contribution >= 4 is 16.2 Å². The highest BCUT2D eigenvalue weighted by atomic mass is 32.2. The summed E-state index contributed by atoms with van der Waals surface area (Å²) in [4.78, 5) is 22.4. The summed E-state index contributed by atoms with van der Waals surface area (Å²) in [6, 6.07) is 2.49. The van der Waals surface area contributed by atoms with E-state index in [1.807, 2.05) is 20.8 Å². The Hall–Kier alpha value is -2.76. The molecule has 4 rings (SSSR count). The normalized spacial score (nSPS) is 20.5. The van der Waals surface area contributed by atoms with Crippen LogP contribution in [-0.2, 0) is 27.7 Å². The van der Waals surface area contributed by atoms with E-state index in [2.05, 4.69) is 21.1 Å². The van der Waals surface area contributed by atoms with Gasteiger partial charge in [0.1, 0.15) is 17.2 Å². The number of alkyl halides is 3. The van der Waals surface area contributed by atoms with E-state index >= 15 is 0 Å². The van der Waals surface area contributed by atoms with Crippen molar-refractivity contribution in [1.29, 1.82) is 0 Å². The number of carbonyl (C=O) groups is 1. The van der Waals surface area contributed by atoms with Crippen LogP contribution in [0.15, 0.2) is 18.3 Å². The van der Waals surface area contributed by atoms with E-state index in [0.717, 1.165) is 18.4 Å². The van der Waals surface area contributed by atoms with Crippen molar-refractivity contribution in [3.05, 3.63) is 35.3 Å². The maximum absolute atomic E-state index is 12.9. The molecule has 1 aromatic heterocycles. The predicted octanol–water partition coefficient (Wildman–Crippen LogP) is 5.50. The van der Waals surface area contributed by atoms with Crippen LogP contribution in [0.2, 0.25) is 0 Å². The highest BCUT2D eigenvalue weighted by Gasteiger charge is 2.49. The first-order valence-corrected chi connectivity index (χ1v) is 13.3. The molecule has 2 aromatic rings. The SMILES string of the molecule is CC[C@H]1C[C@@H](c2ncc(-c3ccc(OS(=O)(=O)C(F)(F)F)c4c3CCC4)[nH]2)N(C(=O)OC(C)(C)C)C1. The number of rotatable bonds is 5. The second-order valence-electron chi connectivity index (χ2n) is 10.2. The van der Waals surface area contributed by atoms with Crippen LogP contribution in [0.3, 0.4) is 0 Å². The third-order valence-corrected chi connectivity index (χ3v) is 7.48. The number of halogens is 3. The molecule has 1 N–H and O–H groups in total. The lowest BCUT2D eigenvalue weighted by Gasteiger charge is -2.27. The number of likely N-dealkylation sites (tertiary alicyclic amines) is 1. The molecule has 1 amide bonds. The molecule has 1 aliphatic carbocycles. The predicted molar refractivity (Wildman–Crippen MR) is 126 cm³/mol. The van der Waals surface area contributed by atoms with Crippen molar-refractivity contribution in [1.82, 2.24) is 14.9 Å². The number of carbonyl (C=O) groups excluding carboxylic acids is 1. The van der Waals surface area contributed by atoms with Gasteiger partial charge in [0.25, 0.3) is 0 Å². The highest BCUT2D eigenvalue weighted by molar-refractivity contribution is 7.88. The van der Waals surface area contributed by atoms with Crippen molar-refractivity contribution in [2.45, 2.75) is 77.0 Å². The second kappa shape index (κ2) is 9.28. The van der Waals surface area contributed by atoms with E-state index in [1.165, 1.54) is 12.1 Å². The summed E-state index contributed by atoms with van der Waals surface area (Å²) in [7, 11) is -5.76. The zero-order valence-corrected chi connectivity index (χ0v) is 21.4. The molecule has 1 aromatic carbocycles. The fourth-order valence-corrected chi connectivity index (χ4v) is 5.30. The summed E-state index contributed by atoms with van der Waals surface area (Å²) in [5.74, 6) is 0.590. The summed E-state index contributed by atoms with van der Waals surface area (Å²) >= 11 is 0. The van der Waals surface area contributed by atoms with E-state index in [9.17, 15) is 26.4 Å². The maximum atomic E-state index is 12.9. The number of aromatic amines is 1. The zero-order valence-electron chi connectivity index (χ0n) is 20.6. The Morgan fingerprint density at radius 2 is 1.89 bits per heavy atom. The van der Waals surface area contributed by atoms with Gasteiger partial charge in [0.15, 0.2) is 0 Å². The Kier molecular flexibility index (Phi) is 6.78. The van der Waals surface area contributed by atoms with Gasteiger partial charge in [-0.15, -0.1) is 0 Å². The average molecular weight is 530 g/mol. The fraction of sp³-hybridized carbons (Fsp3) is 0.583. The zero-order chi connectivity index (χ0) is 26.5. The molecule has 198 valence electrons. The van der Waals surface area contributed by atoms with Gasteiger partial charge in [-0.25, -0.2) is 9.78 Å². The average Bonchev–Trinajstić information content (AvgIpc) is 3.50. The standard InChI is InChI=1S/C24H30F3N3O5S/c1-5-14-11-19(30(13-14)22(31)34-23(2,3)4)21-28-12-18(29-21)16-9-10-20(17-8-6-7-15(16)17)35-36(32,33)24(25,26)27/h9-10,12,14,19H,5-8,11,13H2,1-4H3,(H,28,29)/t14-,19-/m0/s1. The number of amides is 1. The van der Waals surface area contributed by atoms with Crippen molar-refractivity contribution in [2.75, 3.05) is 6.54 Å². The van der Waals surface area contributed by atoms with Crippen LogP contribution in [0, 0.1) is 5.92 Å². The molecule has 1 fully saturated rings. The molecule has 12 heteroatoms. The van der Waals surface area contributed by atoms with E-state index in [-0.39, 0.29) is 11.8 Å². The number of nitrogens with zero attached hydrogens (tertiary/aromatic N) is 2. The van der Waals surface area contributed by atoms with Crippen molar-refractivity contribution in [2.24, 2.45) is 5.92 Å². The Morgan fingerprint density at radius 3 is 2.53 bits per heavy atom. The molecule has 1 saturated heterocycles. The molecule has 0 spiro atoms. The largest absolute Gasteiger partial charge is 0.534 e. The monoisotopic (exact) mass is 529 g/mol. The van der Waals surface area contributed by atoms with E-state index in [1.54, 1.807) is 11.1 Å². The van der Waals surface area contributed by atoms with Gasteiger partial charge in [-0.05, 0) is 75.6 Å². The van der Waals surface area contributed by atoms with Gasteiger partial charge < -0.3 is 13.9 Å². The van der Waals surface area contributed by atoms with Crippen molar-refractivity contribution in [3.63, 3.8) is 0 Å². The Labute approximate surface area is 208 Å². The van der Waals surface area contributed by atoms with Gasteiger partial charge in [0, 0.05) is 12.1 Å². The molecule has 8 nitrogen and oxygen atoms in total. The fourth-order valence-electron chi connectivity index (χ4n) is 4.81. The molecule has 0 unspecified atom stereocenters. The van der Waals surface area contributed by atoms with E-state index in [4.69, 9.17) is 4.74 Å². The van der Waals surface area contributed by atoms with Gasteiger partial charge in [-0.2, -0.15) is 21.6 Å². The van der Waals surface area contributed by atoms with Gasteiger partial charge in [-0.3, -0.25) is 4.90 Å². The number of aromatic nitrogens is 2. The Balaban J connectivity index is 1.63. The van der Waals surface area contributed by atoms with Crippen LogP contribution >= 0.6 is 0 Å². The van der Waals surface area contributed by atoms with Crippen LogP contribution in [0.1, 0.15) is 70.0 Å². The molecule has 1 aliphatic heterocycles. The van der Waals surface area contributed by atoms with Crippen LogP contribution in [0.25, 0.3) is 11.3 Å². The van der Waals surface area contributed by atoms with E-state index < -0.39 is 27.3 Å². The summed E-state index contributed by atoms with van der Waals surface area (Å²) in [5, 5.41) is 0. The molecular formula is C24H30F3N3O5S. The third-order valence-electron chi connectivity index (χ3n) is 6.52. The highest BCUT2D eigenvalue weighted by Crippen LogP contribution is 2.41. The van der Waals surface area contributed by atoms with Gasteiger partial charge in [-0.1, -0.05) is 13.3 Å². The quantitative estimate of drug-likeness (QED) is 0.405. The van der Waals surface area contributed by atoms with Crippen LogP contribution in [0.4, 0.5) is 18.0 Å². The smallest absolute Gasteiger partial charge is 0.444 e. The Bertz CT molecular complexity index is 1250. The molecule has 0 saturated carbocycles. The van der Waals surface area contributed by atoms with Gasteiger partial charge >= 0.3 is 21.7 Å². The lowest BCUT2D eigenvalue weighted by Crippen LogP contribution is -2.37. The van der Waals surface area contributed by atoms with Gasteiger partial charge in [0.2, 0.25) is 0 Å². The number of hydrogen-bond acceptors (Lipinski definition) is 6. The lowest BCUT2D eigenvalue weighted by molar-refractivity contribution is -0.0500. The number of benzene rings is 1. The molecule has 2 atom stereocenters. The minimum Gasteiger partial charge on any atom is -0.444 e. The van der Waals surface area contributed by atoms with Crippen molar-refractivity contribution < 1.29 is 35.3 Å². The minimum absolute atomic E-state index is 0.298. The summed E-state index contributed by atoms with van der Waals surface area (Å²) in [5.41, 5.74) is -3.62. The lowest BCUT2D eigenvalue weighted by atomic mass is 10.0. The van der Waals surface area contributed by atoms with E-state index in [0.29, 0.717) is 54.4 Å². The first-order chi connectivity index (χ1) is 16.7. The summed E-state index contributed by atoms with van der Waals surface area (Å²) in [6.45, 7) is 8.06. The molecule has 0 bridgehead atoms. The van der Waals surface area contributed by atoms with Gasteiger partial charge in [0.05, 0.1) is 17.9 Å². The van der Waals surface area contributed by atoms with Crippen LogP contribution in [0.5, 0.6) is 5.75 Å². The minimum atomic E-state index is -5.76.